The minimum absolute atomic E-state index is 0.145. The second kappa shape index (κ2) is 6.94. The number of aliphatic carboxylic acids is 1. The molecule has 4 nitrogen and oxygen atoms in total. The summed E-state index contributed by atoms with van der Waals surface area (Å²) in [5, 5.41) is 12.7. The maximum absolute atomic E-state index is 12.2. The van der Waals surface area contributed by atoms with E-state index in [9.17, 15) is 14.7 Å². The van der Waals surface area contributed by atoms with Gasteiger partial charge in [-0.25, -0.2) is 0 Å². The van der Waals surface area contributed by atoms with E-state index in [1.165, 1.54) is 0 Å². The van der Waals surface area contributed by atoms with Crippen LogP contribution < -0.4 is 5.32 Å². The summed E-state index contributed by atoms with van der Waals surface area (Å²) in [5.41, 5.74) is 1.05. The molecule has 1 aromatic rings. The molecule has 1 aliphatic rings. The Kier molecular flexibility index (Phi) is 5.23. The average Bonchev–Trinajstić information content (AvgIpc) is 2.81. The van der Waals surface area contributed by atoms with Crippen molar-refractivity contribution >= 4 is 23.5 Å². The third kappa shape index (κ3) is 4.21. The molecule has 0 heterocycles. The lowest BCUT2D eigenvalue weighted by molar-refractivity contribution is -0.146. The minimum Gasteiger partial charge on any atom is -0.481 e. The number of halogens is 1. The minimum atomic E-state index is -0.866. The predicted octanol–water partition coefficient (Wildman–Crippen LogP) is 2.75. The van der Waals surface area contributed by atoms with E-state index >= 15 is 0 Å². The van der Waals surface area contributed by atoms with Gasteiger partial charge in [0.05, 0.1) is 11.8 Å². The topological polar surface area (TPSA) is 66.4 Å². The van der Waals surface area contributed by atoms with Crippen molar-refractivity contribution in [3.05, 3.63) is 34.9 Å². The zero-order valence-corrected chi connectivity index (χ0v) is 12.8. The van der Waals surface area contributed by atoms with Crippen LogP contribution in [0.4, 0.5) is 0 Å². The van der Waals surface area contributed by atoms with Crippen LogP contribution in [0.25, 0.3) is 0 Å². The van der Waals surface area contributed by atoms with Gasteiger partial charge < -0.3 is 10.4 Å². The first-order valence-electron chi connectivity index (χ1n) is 7.22. The van der Waals surface area contributed by atoms with E-state index in [2.05, 4.69) is 5.32 Å². The Balaban J connectivity index is 1.85. The van der Waals surface area contributed by atoms with Crippen molar-refractivity contribution in [1.82, 2.24) is 5.32 Å². The number of carboxylic acid groups (broad SMARTS) is 1. The summed E-state index contributed by atoms with van der Waals surface area (Å²) in [4.78, 5) is 23.4. The van der Waals surface area contributed by atoms with Crippen molar-refractivity contribution in [2.45, 2.75) is 26.2 Å². The number of carbonyl (C=O) groups excluding carboxylic acids is 1. The van der Waals surface area contributed by atoms with Crippen molar-refractivity contribution in [2.24, 2.45) is 17.8 Å². The summed E-state index contributed by atoms with van der Waals surface area (Å²) >= 11 is 5.91. The monoisotopic (exact) mass is 309 g/mol. The zero-order chi connectivity index (χ0) is 15.4. The molecule has 2 N–H and O–H groups in total. The fourth-order valence-corrected chi connectivity index (χ4v) is 3.22. The molecule has 0 radical (unpaired) electrons. The molecule has 1 unspecified atom stereocenters. The van der Waals surface area contributed by atoms with E-state index in [1.807, 2.05) is 25.1 Å². The first-order valence-corrected chi connectivity index (χ1v) is 7.60. The third-order valence-electron chi connectivity index (χ3n) is 4.05. The van der Waals surface area contributed by atoms with Gasteiger partial charge in [-0.2, -0.15) is 0 Å². The second-order valence-electron chi connectivity index (χ2n) is 5.80. The molecule has 1 saturated carbocycles. The van der Waals surface area contributed by atoms with Gasteiger partial charge in [-0.15, -0.1) is 0 Å². The van der Waals surface area contributed by atoms with Gasteiger partial charge in [0.25, 0.3) is 0 Å². The van der Waals surface area contributed by atoms with Crippen LogP contribution in [0.15, 0.2) is 24.3 Å². The van der Waals surface area contributed by atoms with Crippen molar-refractivity contribution in [1.29, 1.82) is 0 Å². The lowest BCUT2D eigenvalue weighted by atomic mass is 9.95. The fourth-order valence-electron chi connectivity index (χ4n) is 3.01. The molecule has 1 aliphatic carbocycles. The average molecular weight is 310 g/mol. The molecule has 0 aromatic heterocycles. The molecule has 1 amide bonds. The van der Waals surface area contributed by atoms with Gasteiger partial charge in [0.15, 0.2) is 0 Å². The maximum Gasteiger partial charge on any atom is 0.307 e. The van der Waals surface area contributed by atoms with E-state index < -0.39 is 17.8 Å². The smallest absolute Gasteiger partial charge is 0.307 e. The number of rotatable bonds is 5. The summed E-state index contributed by atoms with van der Waals surface area (Å²) < 4.78 is 0. The Morgan fingerprint density at radius 1 is 1.33 bits per heavy atom. The first-order chi connectivity index (χ1) is 9.97. The molecule has 1 aromatic carbocycles. The number of carbonyl (C=O) groups is 2. The number of amides is 1. The standard InChI is InChI=1S/C16H20ClNO3/c1-10-7-13(14(8-10)16(20)21)15(19)18-6-5-11-3-2-4-12(17)9-11/h2-4,9-10,13-14H,5-8H2,1H3,(H,18,19)(H,20,21)/t10?,13-,14+/m0/s1. The first kappa shape index (κ1) is 15.8. The number of nitrogens with one attached hydrogen (secondary N) is 1. The highest BCUT2D eigenvalue weighted by Gasteiger charge is 2.40. The SMILES string of the molecule is CC1C[C@H](C(=O)NCCc2cccc(Cl)c2)[C@H](C(=O)O)C1. The van der Waals surface area contributed by atoms with Crippen molar-refractivity contribution in [3.8, 4) is 0 Å². The van der Waals surface area contributed by atoms with Gasteiger partial charge in [0, 0.05) is 11.6 Å². The summed E-state index contributed by atoms with van der Waals surface area (Å²) in [6.45, 7) is 2.49. The lowest BCUT2D eigenvalue weighted by Crippen LogP contribution is -2.36. The number of hydrogen-bond donors (Lipinski definition) is 2. The van der Waals surface area contributed by atoms with E-state index in [4.69, 9.17) is 11.6 Å². The zero-order valence-electron chi connectivity index (χ0n) is 12.0. The van der Waals surface area contributed by atoms with Crippen LogP contribution >= 0.6 is 11.6 Å². The highest BCUT2D eigenvalue weighted by molar-refractivity contribution is 6.30. The van der Waals surface area contributed by atoms with Gasteiger partial charge in [-0.3, -0.25) is 9.59 Å². The van der Waals surface area contributed by atoms with Gasteiger partial charge in [-0.05, 0) is 42.9 Å². The van der Waals surface area contributed by atoms with Crippen LogP contribution in [-0.2, 0) is 16.0 Å². The molecule has 5 heteroatoms. The number of carboxylic acids is 1. The van der Waals surface area contributed by atoms with E-state index in [0.717, 1.165) is 5.56 Å². The van der Waals surface area contributed by atoms with Crippen LogP contribution in [0.2, 0.25) is 5.02 Å². The molecule has 0 spiro atoms. The third-order valence-corrected chi connectivity index (χ3v) is 4.29. The fraction of sp³-hybridized carbons (Fsp3) is 0.500. The summed E-state index contributed by atoms with van der Waals surface area (Å²) in [5.74, 6) is -1.68. The molecule has 0 saturated heterocycles. The Morgan fingerprint density at radius 3 is 2.71 bits per heavy atom. The normalized spacial score (nSPS) is 24.8. The molecule has 21 heavy (non-hydrogen) atoms. The van der Waals surface area contributed by atoms with E-state index in [1.54, 1.807) is 6.07 Å². The second-order valence-corrected chi connectivity index (χ2v) is 6.24. The van der Waals surface area contributed by atoms with Gasteiger partial charge in [-0.1, -0.05) is 30.7 Å². The van der Waals surface area contributed by atoms with Crippen LogP contribution in [0.1, 0.15) is 25.3 Å². The Labute approximate surface area is 129 Å². The molecule has 3 atom stereocenters. The van der Waals surface area contributed by atoms with Crippen LogP contribution in [0.5, 0.6) is 0 Å². The van der Waals surface area contributed by atoms with Crippen LogP contribution in [0.3, 0.4) is 0 Å². The molecule has 2 rings (SSSR count). The van der Waals surface area contributed by atoms with Crippen molar-refractivity contribution < 1.29 is 14.7 Å². The number of hydrogen-bond acceptors (Lipinski definition) is 2. The van der Waals surface area contributed by atoms with Gasteiger partial charge >= 0.3 is 5.97 Å². The molecule has 0 bridgehead atoms. The van der Waals surface area contributed by atoms with Gasteiger partial charge in [0.2, 0.25) is 5.91 Å². The Morgan fingerprint density at radius 2 is 2.05 bits per heavy atom. The van der Waals surface area contributed by atoms with Crippen molar-refractivity contribution in [3.63, 3.8) is 0 Å². The molecular formula is C16H20ClNO3. The predicted molar refractivity (Wildman–Crippen MR) is 81.2 cm³/mol. The highest BCUT2D eigenvalue weighted by Crippen LogP contribution is 2.36. The summed E-state index contributed by atoms with van der Waals surface area (Å²) in [6, 6.07) is 7.50. The van der Waals surface area contributed by atoms with E-state index in [-0.39, 0.29) is 11.8 Å². The Bertz CT molecular complexity index is 532. The van der Waals surface area contributed by atoms with Crippen molar-refractivity contribution in [2.75, 3.05) is 6.54 Å². The summed E-state index contributed by atoms with van der Waals surface area (Å²) in [6.07, 6.45) is 1.92. The quantitative estimate of drug-likeness (QED) is 0.879. The van der Waals surface area contributed by atoms with E-state index in [0.29, 0.717) is 30.8 Å². The van der Waals surface area contributed by atoms with Crippen LogP contribution in [0, 0.1) is 17.8 Å². The molecule has 0 aliphatic heterocycles. The maximum atomic E-state index is 12.2. The molecule has 114 valence electrons. The summed E-state index contributed by atoms with van der Waals surface area (Å²) in [7, 11) is 0. The van der Waals surface area contributed by atoms with Crippen LogP contribution in [-0.4, -0.2) is 23.5 Å². The highest BCUT2D eigenvalue weighted by atomic mass is 35.5. The molecule has 1 fully saturated rings. The lowest BCUT2D eigenvalue weighted by Gasteiger charge is -2.15. The Hall–Kier alpha value is -1.55. The van der Waals surface area contributed by atoms with Gasteiger partial charge in [0.1, 0.15) is 0 Å². The molecular weight excluding hydrogens is 290 g/mol. The number of benzene rings is 1. The largest absolute Gasteiger partial charge is 0.481 e.